The molecule has 0 fully saturated rings. The topological polar surface area (TPSA) is 66.9 Å². The normalized spacial score (nSPS) is 17.2. The average molecular weight is 366 g/mol. The van der Waals surface area contributed by atoms with E-state index < -0.39 is 0 Å². The van der Waals surface area contributed by atoms with E-state index in [1.807, 2.05) is 24.3 Å². The summed E-state index contributed by atoms with van der Waals surface area (Å²) in [4.78, 5) is 27.0. The third-order valence-electron chi connectivity index (χ3n) is 3.61. The van der Waals surface area contributed by atoms with Gasteiger partial charge in [0.05, 0.1) is 5.56 Å². The lowest BCUT2D eigenvalue weighted by Gasteiger charge is -2.26. The molecule has 0 spiro atoms. The molecule has 1 aliphatic rings. The lowest BCUT2D eigenvalue weighted by Crippen LogP contribution is -2.33. The van der Waals surface area contributed by atoms with Crippen LogP contribution in [0.2, 0.25) is 0 Å². The number of carbonyl (C=O) groups excluding carboxylic acids is 1. The number of amides is 1. The van der Waals surface area contributed by atoms with Gasteiger partial charge in [-0.05, 0) is 29.9 Å². The lowest BCUT2D eigenvalue weighted by atomic mass is 9.87. The molecule has 1 unspecified atom stereocenters. The lowest BCUT2D eigenvalue weighted by molar-refractivity contribution is -0.116. The zero-order chi connectivity index (χ0) is 15.1. The maximum absolute atomic E-state index is 12.3. The van der Waals surface area contributed by atoms with E-state index in [-0.39, 0.29) is 28.6 Å². The fourth-order valence-electron chi connectivity index (χ4n) is 2.59. The van der Waals surface area contributed by atoms with Gasteiger partial charge in [-0.2, -0.15) is 0 Å². The van der Waals surface area contributed by atoms with Crippen LogP contribution < -0.4 is 10.9 Å². The summed E-state index contributed by atoms with van der Waals surface area (Å²) in [6, 6.07) is 7.64. The molecule has 5 nitrogen and oxygen atoms in total. The number of nitrogens with one attached hydrogen (secondary N) is 2. The number of H-pyrrole nitrogens is 1. The van der Waals surface area contributed by atoms with Gasteiger partial charge in [-0.3, -0.25) is 14.6 Å². The zero-order valence-corrected chi connectivity index (χ0v) is 13.5. The summed E-state index contributed by atoms with van der Waals surface area (Å²) in [6.45, 7) is 0. The molecule has 0 radical (unpaired) electrons. The van der Waals surface area contributed by atoms with Gasteiger partial charge in [0.2, 0.25) is 5.91 Å². The van der Waals surface area contributed by atoms with Crippen LogP contribution in [-0.2, 0) is 11.8 Å². The first kappa shape index (κ1) is 14.2. The van der Waals surface area contributed by atoms with Crippen molar-refractivity contribution in [2.75, 3.05) is 5.32 Å². The molecule has 7 heteroatoms. The SMILES string of the molecule is Cn1c2c(c(=O)[nH]c1=S)C(c1cccc(Br)c1)CC(=O)N2. The summed E-state index contributed by atoms with van der Waals surface area (Å²) >= 11 is 8.51. The Hall–Kier alpha value is -1.73. The Bertz CT molecular complexity index is 856. The van der Waals surface area contributed by atoms with Crippen LogP contribution in [0.15, 0.2) is 33.5 Å². The molecule has 21 heavy (non-hydrogen) atoms. The van der Waals surface area contributed by atoms with Gasteiger partial charge in [0.25, 0.3) is 5.56 Å². The van der Waals surface area contributed by atoms with Gasteiger partial charge in [-0.15, -0.1) is 0 Å². The summed E-state index contributed by atoms with van der Waals surface area (Å²) < 4.78 is 2.82. The van der Waals surface area contributed by atoms with Crippen LogP contribution in [0.1, 0.15) is 23.5 Å². The van der Waals surface area contributed by atoms with Crippen molar-refractivity contribution in [3.05, 3.63) is 55.0 Å². The Morgan fingerprint density at radius 2 is 2.14 bits per heavy atom. The predicted molar refractivity (Wildman–Crippen MR) is 86.1 cm³/mol. The molecule has 2 heterocycles. The fraction of sp³-hybridized carbons (Fsp3) is 0.214. The molecule has 0 bridgehead atoms. The summed E-state index contributed by atoms with van der Waals surface area (Å²) in [7, 11) is 1.72. The van der Waals surface area contributed by atoms with E-state index in [0.29, 0.717) is 11.4 Å². The summed E-state index contributed by atoms with van der Waals surface area (Å²) in [5.41, 5.74) is 1.21. The Balaban J connectivity index is 2.28. The van der Waals surface area contributed by atoms with Crippen LogP contribution in [-0.4, -0.2) is 15.5 Å². The van der Waals surface area contributed by atoms with Gasteiger partial charge in [-0.1, -0.05) is 28.1 Å². The molecular weight excluding hydrogens is 354 g/mol. The molecule has 1 aromatic carbocycles. The second-order valence-electron chi connectivity index (χ2n) is 4.94. The second kappa shape index (κ2) is 5.23. The van der Waals surface area contributed by atoms with Gasteiger partial charge in [0.1, 0.15) is 5.82 Å². The van der Waals surface area contributed by atoms with Crippen molar-refractivity contribution >= 4 is 39.9 Å². The van der Waals surface area contributed by atoms with Crippen molar-refractivity contribution in [1.29, 1.82) is 0 Å². The highest BCUT2D eigenvalue weighted by atomic mass is 79.9. The molecule has 1 aliphatic heterocycles. The number of aromatic amines is 1. The third kappa shape index (κ3) is 2.47. The van der Waals surface area contributed by atoms with Gasteiger partial charge >= 0.3 is 0 Å². The van der Waals surface area contributed by atoms with Crippen LogP contribution >= 0.6 is 28.1 Å². The minimum Gasteiger partial charge on any atom is -0.312 e. The van der Waals surface area contributed by atoms with Crippen LogP contribution in [0.4, 0.5) is 5.82 Å². The Morgan fingerprint density at radius 1 is 1.38 bits per heavy atom. The van der Waals surface area contributed by atoms with E-state index in [4.69, 9.17) is 12.2 Å². The minimum atomic E-state index is -0.281. The summed E-state index contributed by atoms with van der Waals surface area (Å²) in [5.74, 6) is 0.0739. The van der Waals surface area contributed by atoms with Gasteiger partial charge < -0.3 is 9.88 Å². The quantitative estimate of drug-likeness (QED) is 0.763. The van der Waals surface area contributed by atoms with Crippen molar-refractivity contribution < 1.29 is 4.79 Å². The number of hydrogen-bond acceptors (Lipinski definition) is 3. The highest BCUT2D eigenvalue weighted by Crippen LogP contribution is 2.35. The van der Waals surface area contributed by atoms with Gasteiger partial charge in [-0.25, -0.2) is 0 Å². The number of rotatable bonds is 1. The second-order valence-corrected chi connectivity index (χ2v) is 6.24. The molecule has 2 aromatic rings. The van der Waals surface area contributed by atoms with E-state index >= 15 is 0 Å². The molecule has 0 aliphatic carbocycles. The van der Waals surface area contributed by atoms with E-state index in [2.05, 4.69) is 26.2 Å². The van der Waals surface area contributed by atoms with Crippen molar-refractivity contribution in [2.24, 2.45) is 7.05 Å². The van der Waals surface area contributed by atoms with Gasteiger partial charge in [0.15, 0.2) is 4.77 Å². The van der Waals surface area contributed by atoms with Crippen molar-refractivity contribution in [1.82, 2.24) is 9.55 Å². The number of carbonyl (C=O) groups is 1. The highest BCUT2D eigenvalue weighted by Gasteiger charge is 2.30. The maximum atomic E-state index is 12.3. The first-order valence-corrected chi connectivity index (χ1v) is 7.56. The van der Waals surface area contributed by atoms with Gasteiger partial charge in [0, 0.05) is 23.9 Å². The summed E-state index contributed by atoms with van der Waals surface area (Å²) in [6.07, 6.45) is 0.239. The first-order valence-electron chi connectivity index (χ1n) is 6.36. The first-order chi connectivity index (χ1) is 9.97. The highest BCUT2D eigenvalue weighted by molar-refractivity contribution is 9.10. The number of halogens is 1. The van der Waals surface area contributed by atoms with E-state index in [0.717, 1.165) is 10.0 Å². The monoisotopic (exact) mass is 365 g/mol. The molecule has 0 saturated heterocycles. The minimum absolute atomic E-state index is 0.122. The number of aromatic nitrogens is 2. The zero-order valence-electron chi connectivity index (χ0n) is 11.1. The molecule has 3 rings (SSSR count). The molecule has 1 atom stereocenters. The van der Waals surface area contributed by atoms with Crippen LogP contribution in [0.3, 0.4) is 0 Å². The smallest absolute Gasteiger partial charge is 0.257 e. The third-order valence-corrected chi connectivity index (χ3v) is 4.48. The largest absolute Gasteiger partial charge is 0.312 e. The molecule has 1 amide bonds. The Kier molecular flexibility index (Phi) is 3.54. The number of benzene rings is 1. The fourth-order valence-corrected chi connectivity index (χ4v) is 3.19. The molecule has 1 aromatic heterocycles. The molecule has 108 valence electrons. The van der Waals surface area contributed by atoms with E-state index in [1.54, 1.807) is 11.6 Å². The van der Waals surface area contributed by atoms with Crippen LogP contribution in [0, 0.1) is 4.77 Å². The maximum Gasteiger partial charge on any atom is 0.257 e. The Morgan fingerprint density at radius 3 is 2.86 bits per heavy atom. The van der Waals surface area contributed by atoms with Crippen molar-refractivity contribution in [2.45, 2.75) is 12.3 Å². The van der Waals surface area contributed by atoms with E-state index in [9.17, 15) is 9.59 Å². The van der Waals surface area contributed by atoms with Crippen molar-refractivity contribution in [3.63, 3.8) is 0 Å². The molecule has 2 N–H and O–H groups in total. The molecular formula is C14H12BrN3O2S. The summed E-state index contributed by atoms with van der Waals surface area (Å²) in [5, 5.41) is 2.75. The number of hydrogen-bond donors (Lipinski definition) is 2. The van der Waals surface area contributed by atoms with Crippen LogP contribution in [0.25, 0.3) is 0 Å². The van der Waals surface area contributed by atoms with Crippen LogP contribution in [0.5, 0.6) is 0 Å². The standard InChI is InChI=1S/C14H12BrN3O2S/c1-18-12-11(13(20)17-14(18)21)9(6-10(19)16-12)7-3-2-4-8(15)5-7/h2-5,9H,6H2,1H3,(H,16,19)(H,17,20,21). The number of fused-ring (bicyclic) bond motifs is 1. The van der Waals surface area contributed by atoms with E-state index in [1.165, 1.54) is 0 Å². The Labute approximate surface area is 134 Å². The average Bonchev–Trinajstić information content (AvgIpc) is 2.44. The van der Waals surface area contributed by atoms with Crippen molar-refractivity contribution in [3.8, 4) is 0 Å². The number of nitrogens with zero attached hydrogens (tertiary/aromatic N) is 1. The number of anilines is 1. The molecule has 0 saturated carbocycles. The predicted octanol–water partition coefficient (Wildman–Crippen LogP) is 2.68.